The first-order valence-corrected chi connectivity index (χ1v) is 11.5. The summed E-state index contributed by atoms with van der Waals surface area (Å²) in [5.74, 6) is -6.78. The summed E-state index contributed by atoms with van der Waals surface area (Å²) >= 11 is 0. The molecule has 0 spiro atoms. The number of hydrogen-bond acceptors (Lipinski definition) is 2. The number of alkyl halides is 5. The minimum absolute atomic E-state index is 0.0968. The summed E-state index contributed by atoms with van der Waals surface area (Å²) in [6.45, 7) is 2.17. The van der Waals surface area contributed by atoms with E-state index in [9.17, 15) is 35.1 Å². The van der Waals surface area contributed by atoms with Gasteiger partial charge in [-0.1, -0.05) is 51.5 Å². The van der Waals surface area contributed by atoms with Gasteiger partial charge >= 0.3 is 12.5 Å². The fourth-order valence-electron chi connectivity index (χ4n) is 4.55. The normalized spacial score (nSPS) is 19.0. The van der Waals surface area contributed by atoms with E-state index in [1.165, 1.54) is 25.3 Å². The second-order valence-corrected chi connectivity index (χ2v) is 8.91. The number of hydrogen-bond donors (Lipinski definition) is 0. The van der Waals surface area contributed by atoms with Crippen LogP contribution in [0, 0.1) is 29.3 Å². The highest BCUT2D eigenvalue weighted by atomic mass is 19.4. The van der Waals surface area contributed by atoms with Crippen LogP contribution >= 0.6 is 0 Å². The van der Waals surface area contributed by atoms with Crippen LogP contribution in [-0.4, -0.2) is 6.36 Å². The predicted octanol–water partition coefficient (Wildman–Crippen LogP) is 8.67. The summed E-state index contributed by atoms with van der Waals surface area (Å²) in [6.07, 6.45) is -1.50. The summed E-state index contributed by atoms with van der Waals surface area (Å²) in [6, 6.07) is 3.33. The molecular formula is C25H26F8O2. The van der Waals surface area contributed by atoms with Gasteiger partial charge in [0.1, 0.15) is 11.6 Å². The predicted molar refractivity (Wildman–Crippen MR) is 113 cm³/mol. The number of benzene rings is 2. The molecule has 2 nitrogen and oxygen atoms in total. The van der Waals surface area contributed by atoms with Gasteiger partial charge in [0, 0.05) is 12.1 Å². The van der Waals surface area contributed by atoms with Crippen molar-refractivity contribution in [3.05, 3.63) is 58.9 Å². The zero-order valence-corrected chi connectivity index (χ0v) is 19.0. The van der Waals surface area contributed by atoms with Crippen LogP contribution in [0.1, 0.15) is 63.0 Å². The lowest BCUT2D eigenvalue weighted by atomic mass is 9.78. The molecule has 0 bridgehead atoms. The zero-order chi connectivity index (χ0) is 25.8. The van der Waals surface area contributed by atoms with E-state index < -0.39 is 47.0 Å². The van der Waals surface area contributed by atoms with E-state index >= 15 is 0 Å². The number of rotatable bonds is 9. The Morgan fingerprint density at radius 1 is 0.771 bits per heavy atom. The van der Waals surface area contributed by atoms with Crippen LogP contribution in [-0.2, 0) is 12.5 Å². The minimum Gasteiger partial charge on any atom is -0.429 e. The Hall–Kier alpha value is -2.52. The van der Waals surface area contributed by atoms with Crippen molar-refractivity contribution < 1.29 is 44.6 Å². The van der Waals surface area contributed by atoms with Crippen LogP contribution in [0.5, 0.6) is 11.5 Å². The number of ether oxygens (including phenoxy) is 2. The highest BCUT2D eigenvalue weighted by Crippen LogP contribution is 2.38. The Kier molecular flexibility index (Phi) is 8.54. The van der Waals surface area contributed by atoms with Crippen LogP contribution in [0.4, 0.5) is 35.1 Å². The summed E-state index contributed by atoms with van der Waals surface area (Å²) in [5, 5.41) is 0. The van der Waals surface area contributed by atoms with E-state index in [4.69, 9.17) is 0 Å². The molecule has 0 unspecified atom stereocenters. The van der Waals surface area contributed by atoms with Crippen molar-refractivity contribution in [2.24, 2.45) is 11.8 Å². The summed E-state index contributed by atoms with van der Waals surface area (Å²) < 4.78 is 115. The maximum absolute atomic E-state index is 14.5. The quantitative estimate of drug-likeness (QED) is 0.314. The van der Waals surface area contributed by atoms with Gasteiger partial charge in [0.2, 0.25) is 5.75 Å². The Morgan fingerprint density at radius 2 is 1.34 bits per heavy atom. The lowest BCUT2D eigenvalue weighted by Crippen LogP contribution is -2.24. The van der Waals surface area contributed by atoms with Crippen LogP contribution in [0.15, 0.2) is 30.3 Å². The van der Waals surface area contributed by atoms with Crippen LogP contribution in [0.25, 0.3) is 0 Å². The SMILES string of the molecule is CCC[C@H]1CC[C@H](CCc2ccc(C(F)(F)Oc3cc(F)c(OC(F)(F)F)c(F)c3)c(F)c2)CC1. The fraction of sp³-hybridized carbons (Fsp3) is 0.520. The molecule has 2 aromatic rings. The zero-order valence-electron chi connectivity index (χ0n) is 19.0. The standard InChI is InChI=1S/C25H26F8O2/c1-2-3-15-4-6-16(7-5-15)8-9-17-10-11-19(20(26)12-17)24(29,30)34-18-13-21(27)23(22(28)14-18)35-25(31,32)33/h10-16H,2-9H2,1H3/t15-,16-. The summed E-state index contributed by atoms with van der Waals surface area (Å²) in [7, 11) is 0. The molecular weight excluding hydrogens is 484 g/mol. The first-order valence-electron chi connectivity index (χ1n) is 11.5. The molecule has 10 heteroatoms. The molecule has 1 fully saturated rings. The molecule has 3 rings (SSSR count). The second-order valence-electron chi connectivity index (χ2n) is 8.91. The Labute approximate surface area is 198 Å². The van der Waals surface area contributed by atoms with Gasteiger partial charge in [0.15, 0.2) is 11.6 Å². The van der Waals surface area contributed by atoms with E-state index in [-0.39, 0.29) is 12.1 Å². The maximum Gasteiger partial charge on any atom is 0.573 e. The van der Waals surface area contributed by atoms with Crippen molar-refractivity contribution in [2.75, 3.05) is 0 Å². The third-order valence-corrected chi connectivity index (χ3v) is 6.29. The average Bonchev–Trinajstić information content (AvgIpc) is 2.75. The monoisotopic (exact) mass is 510 g/mol. The highest BCUT2D eigenvalue weighted by molar-refractivity contribution is 5.36. The maximum atomic E-state index is 14.5. The molecule has 35 heavy (non-hydrogen) atoms. The van der Waals surface area contributed by atoms with Crippen molar-refractivity contribution in [2.45, 2.75) is 70.8 Å². The lowest BCUT2D eigenvalue weighted by molar-refractivity contribution is -0.276. The van der Waals surface area contributed by atoms with Gasteiger partial charge in [0.05, 0.1) is 5.56 Å². The third-order valence-electron chi connectivity index (χ3n) is 6.29. The number of halogens is 8. The molecule has 0 atom stereocenters. The molecule has 194 valence electrons. The Morgan fingerprint density at radius 3 is 1.86 bits per heavy atom. The fourth-order valence-corrected chi connectivity index (χ4v) is 4.55. The summed E-state index contributed by atoms with van der Waals surface area (Å²) in [4.78, 5) is 0. The second kappa shape index (κ2) is 11.0. The van der Waals surface area contributed by atoms with Crippen molar-refractivity contribution in [3.63, 3.8) is 0 Å². The molecule has 0 N–H and O–H groups in total. The minimum atomic E-state index is -5.40. The topological polar surface area (TPSA) is 18.5 Å². The molecule has 2 aromatic carbocycles. The highest BCUT2D eigenvalue weighted by Gasteiger charge is 2.39. The first-order chi connectivity index (χ1) is 16.4. The molecule has 0 aromatic heterocycles. The molecule has 1 aliphatic carbocycles. The molecule has 0 heterocycles. The Balaban J connectivity index is 1.64. The van der Waals surface area contributed by atoms with Crippen LogP contribution in [0.3, 0.4) is 0 Å². The lowest BCUT2D eigenvalue weighted by Gasteiger charge is -2.28. The third kappa shape index (κ3) is 7.48. The van der Waals surface area contributed by atoms with Gasteiger partial charge in [-0.25, -0.2) is 13.2 Å². The van der Waals surface area contributed by atoms with Crippen molar-refractivity contribution in [3.8, 4) is 11.5 Å². The smallest absolute Gasteiger partial charge is 0.429 e. The van der Waals surface area contributed by atoms with Crippen molar-refractivity contribution in [1.29, 1.82) is 0 Å². The van der Waals surface area contributed by atoms with E-state index in [1.54, 1.807) is 0 Å². The average molecular weight is 510 g/mol. The van der Waals surface area contributed by atoms with Gasteiger partial charge in [0.25, 0.3) is 0 Å². The number of aryl methyl sites for hydroxylation is 1. The molecule has 0 aliphatic heterocycles. The van der Waals surface area contributed by atoms with Crippen molar-refractivity contribution in [1.82, 2.24) is 0 Å². The van der Waals surface area contributed by atoms with Gasteiger partial charge in [-0.05, 0) is 42.4 Å². The summed E-state index contributed by atoms with van der Waals surface area (Å²) in [5.41, 5.74) is -0.638. The molecule has 1 saturated carbocycles. The van der Waals surface area contributed by atoms with E-state index in [2.05, 4.69) is 16.4 Å². The van der Waals surface area contributed by atoms with Gasteiger partial charge in [-0.3, -0.25) is 0 Å². The molecule has 0 saturated heterocycles. The van der Waals surface area contributed by atoms with E-state index in [1.807, 2.05) is 0 Å². The van der Waals surface area contributed by atoms with Gasteiger partial charge in [-0.15, -0.1) is 13.2 Å². The van der Waals surface area contributed by atoms with E-state index in [0.29, 0.717) is 17.9 Å². The molecule has 1 aliphatic rings. The van der Waals surface area contributed by atoms with Gasteiger partial charge < -0.3 is 9.47 Å². The molecule has 0 radical (unpaired) electrons. The van der Waals surface area contributed by atoms with E-state index in [0.717, 1.165) is 43.7 Å². The van der Waals surface area contributed by atoms with Crippen molar-refractivity contribution >= 4 is 0 Å². The Bertz CT molecular complexity index is 974. The van der Waals surface area contributed by atoms with Crippen LogP contribution < -0.4 is 9.47 Å². The first kappa shape index (κ1) is 27.1. The largest absolute Gasteiger partial charge is 0.573 e. The molecule has 0 amide bonds. The van der Waals surface area contributed by atoms with Crippen LogP contribution in [0.2, 0.25) is 0 Å². The van der Waals surface area contributed by atoms with Gasteiger partial charge in [-0.2, -0.15) is 8.78 Å².